The maximum absolute atomic E-state index is 13.3. The predicted octanol–water partition coefficient (Wildman–Crippen LogP) is 2.10. The average Bonchev–Trinajstić information content (AvgIpc) is 2.80. The second kappa shape index (κ2) is 4.99. The highest BCUT2D eigenvalue weighted by atomic mass is 19.1. The molecule has 0 unspecified atom stereocenters. The Morgan fingerprint density at radius 3 is 2.83 bits per heavy atom. The Labute approximate surface area is 102 Å². The largest absolute Gasteiger partial charge is 0.444 e. The van der Waals surface area contributed by atoms with Gasteiger partial charge in [0, 0.05) is 12.5 Å². The van der Waals surface area contributed by atoms with Crippen LogP contribution in [0.4, 0.5) is 20.4 Å². The zero-order valence-electron chi connectivity index (χ0n) is 9.70. The molecule has 2 heterocycles. The Morgan fingerprint density at radius 1 is 1.39 bits per heavy atom. The van der Waals surface area contributed by atoms with Crippen LogP contribution in [0, 0.1) is 11.6 Å². The predicted molar refractivity (Wildman–Crippen MR) is 61.8 cm³/mol. The summed E-state index contributed by atoms with van der Waals surface area (Å²) in [6.07, 6.45) is 2.32. The summed E-state index contributed by atoms with van der Waals surface area (Å²) in [5, 5.41) is 2.65. The molecule has 0 aliphatic rings. The van der Waals surface area contributed by atoms with E-state index in [2.05, 4.69) is 15.3 Å². The molecule has 0 spiro atoms. The molecule has 2 aromatic heterocycles. The number of nitrogens with zero attached hydrogens (tertiary/aromatic N) is 2. The lowest BCUT2D eigenvalue weighted by Gasteiger charge is -2.05. The molecular weight excluding hydrogens is 242 g/mol. The lowest BCUT2D eigenvalue weighted by atomic mass is 10.4. The Hall–Kier alpha value is -2.18. The Bertz CT molecular complexity index is 556. The van der Waals surface area contributed by atoms with Gasteiger partial charge in [-0.05, 0) is 0 Å². The van der Waals surface area contributed by atoms with E-state index in [1.54, 1.807) is 6.20 Å². The van der Waals surface area contributed by atoms with E-state index >= 15 is 0 Å². The van der Waals surface area contributed by atoms with E-state index in [4.69, 9.17) is 10.2 Å². The molecule has 0 radical (unpaired) electrons. The summed E-state index contributed by atoms with van der Waals surface area (Å²) in [7, 11) is 0. The summed E-state index contributed by atoms with van der Waals surface area (Å²) in [6, 6.07) is 0.678. The number of aryl methyl sites for hydroxylation is 1. The minimum Gasteiger partial charge on any atom is -0.444 e. The van der Waals surface area contributed by atoms with E-state index < -0.39 is 11.6 Å². The van der Waals surface area contributed by atoms with Crippen molar-refractivity contribution in [3.05, 3.63) is 35.5 Å². The van der Waals surface area contributed by atoms with Gasteiger partial charge < -0.3 is 15.5 Å². The van der Waals surface area contributed by atoms with Crippen LogP contribution < -0.4 is 11.1 Å². The van der Waals surface area contributed by atoms with Crippen molar-refractivity contribution in [2.24, 2.45) is 0 Å². The molecule has 0 saturated carbocycles. The summed E-state index contributed by atoms with van der Waals surface area (Å²) in [5.41, 5.74) is 5.25. The van der Waals surface area contributed by atoms with Gasteiger partial charge in [-0.15, -0.1) is 0 Å². The molecule has 0 aliphatic carbocycles. The number of rotatable bonds is 4. The zero-order valence-corrected chi connectivity index (χ0v) is 9.70. The Morgan fingerprint density at radius 2 is 2.17 bits per heavy atom. The SMILES string of the molecule is CCc1cnc(CNc2nc(N)c(F)cc2F)o1. The fraction of sp³-hybridized carbons (Fsp3) is 0.273. The van der Waals surface area contributed by atoms with Crippen LogP contribution in [0.3, 0.4) is 0 Å². The van der Waals surface area contributed by atoms with Crippen LogP contribution in [-0.2, 0) is 13.0 Å². The molecule has 96 valence electrons. The maximum atomic E-state index is 13.3. The normalized spacial score (nSPS) is 10.6. The molecule has 3 N–H and O–H groups in total. The summed E-state index contributed by atoms with van der Waals surface area (Å²) < 4.78 is 31.5. The maximum Gasteiger partial charge on any atom is 0.213 e. The van der Waals surface area contributed by atoms with Gasteiger partial charge >= 0.3 is 0 Å². The standard InChI is InChI=1S/C11H12F2N4O/c1-2-6-4-15-9(18-6)5-16-11-8(13)3-7(12)10(14)17-11/h3-4H,2,5H2,1H3,(H3,14,16,17). The highest BCUT2D eigenvalue weighted by Crippen LogP contribution is 2.17. The summed E-state index contributed by atoms with van der Waals surface area (Å²) in [4.78, 5) is 7.55. The number of halogens is 2. The summed E-state index contributed by atoms with van der Waals surface area (Å²) >= 11 is 0. The van der Waals surface area contributed by atoms with Crippen LogP contribution in [0.15, 0.2) is 16.7 Å². The average molecular weight is 254 g/mol. The number of nitrogens with one attached hydrogen (secondary N) is 1. The quantitative estimate of drug-likeness (QED) is 0.873. The summed E-state index contributed by atoms with van der Waals surface area (Å²) in [5.74, 6) is -1.06. The number of pyridine rings is 1. The molecular formula is C11H12F2N4O. The first kappa shape index (κ1) is 12.3. The van der Waals surface area contributed by atoms with E-state index in [9.17, 15) is 8.78 Å². The van der Waals surface area contributed by atoms with Crippen molar-refractivity contribution in [3.63, 3.8) is 0 Å². The first-order valence-corrected chi connectivity index (χ1v) is 5.39. The van der Waals surface area contributed by atoms with Gasteiger partial charge in [0.2, 0.25) is 5.89 Å². The minimum atomic E-state index is -0.887. The van der Waals surface area contributed by atoms with Crippen LogP contribution in [0.25, 0.3) is 0 Å². The molecule has 0 atom stereocenters. The highest BCUT2D eigenvalue weighted by Gasteiger charge is 2.10. The van der Waals surface area contributed by atoms with Gasteiger partial charge in [0.25, 0.3) is 0 Å². The zero-order chi connectivity index (χ0) is 13.1. The van der Waals surface area contributed by atoms with Gasteiger partial charge in [-0.25, -0.2) is 18.7 Å². The molecule has 5 nitrogen and oxygen atoms in total. The summed E-state index contributed by atoms with van der Waals surface area (Å²) in [6.45, 7) is 2.08. The van der Waals surface area contributed by atoms with Crippen molar-refractivity contribution >= 4 is 11.6 Å². The van der Waals surface area contributed by atoms with Gasteiger partial charge in [0.15, 0.2) is 23.3 Å². The van der Waals surface area contributed by atoms with Gasteiger partial charge in [0.1, 0.15) is 5.76 Å². The third-order valence-corrected chi connectivity index (χ3v) is 2.31. The van der Waals surface area contributed by atoms with E-state index in [-0.39, 0.29) is 18.2 Å². The third-order valence-electron chi connectivity index (χ3n) is 2.31. The molecule has 7 heteroatoms. The van der Waals surface area contributed by atoms with Gasteiger partial charge in [0.05, 0.1) is 12.7 Å². The number of nitrogen functional groups attached to an aromatic ring is 1. The van der Waals surface area contributed by atoms with Crippen molar-refractivity contribution in [1.29, 1.82) is 0 Å². The van der Waals surface area contributed by atoms with Gasteiger partial charge in [-0.3, -0.25) is 0 Å². The van der Waals surface area contributed by atoms with Crippen LogP contribution in [-0.4, -0.2) is 9.97 Å². The van der Waals surface area contributed by atoms with E-state index in [0.29, 0.717) is 12.0 Å². The van der Waals surface area contributed by atoms with Crippen molar-refractivity contribution in [2.75, 3.05) is 11.1 Å². The van der Waals surface area contributed by atoms with Crippen LogP contribution in [0.5, 0.6) is 0 Å². The second-order valence-corrected chi connectivity index (χ2v) is 3.61. The Balaban J connectivity index is 2.08. The Kier molecular flexibility index (Phi) is 3.40. The first-order valence-electron chi connectivity index (χ1n) is 5.39. The smallest absolute Gasteiger partial charge is 0.213 e. The number of anilines is 2. The molecule has 2 rings (SSSR count). The number of hydrogen-bond acceptors (Lipinski definition) is 5. The molecule has 0 bridgehead atoms. The molecule has 0 fully saturated rings. The molecule has 2 aromatic rings. The van der Waals surface area contributed by atoms with Crippen LogP contribution >= 0.6 is 0 Å². The highest BCUT2D eigenvalue weighted by molar-refractivity contribution is 5.44. The lowest BCUT2D eigenvalue weighted by Crippen LogP contribution is -2.07. The van der Waals surface area contributed by atoms with Gasteiger partial charge in [-0.1, -0.05) is 6.92 Å². The number of nitrogens with two attached hydrogens (primary N) is 1. The topological polar surface area (TPSA) is 77.0 Å². The molecule has 18 heavy (non-hydrogen) atoms. The lowest BCUT2D eigenvalue weighted by molar-refractivity contribution is 0.465. The molecule has 0 saturated heterocycles. The fourth-order valence-corrected chi connectivity index (χ4v) is 1.36. The van der Waals surface area contributed by atoms with E-state index in [0.717, 1.165) is 12.2 Å². The molecule has 0 aromatic carbocycles. The first-order chi connectivity index (χ1) is 8.60. The van der Waals surface area contributed by atoms with Crippen molar-refractivity contribution in [2.45, 2.75) is 19.9 Å². The number of oxazole rings is 1. The monoisotopic (exact) mass is 254 g/mol. The number of aromatic nitrogens is 2. The van der Waals surface area contributed by atoms with Crippen molar-refractivity contribution in [1.82, 2.24) is 9.97 Å². The van der Waals surface area contributed by atoms with Crippen LogP contribution in [0.1, 0.15) is 18.6 Å². The number of hydrogen-bond donors (Lipinski definition) is 2. The van der Waals surface area contributed by atoms with E-state index in [1.807, 2.05) is 6.92 Å². The fourth-order valence-electron chi connectivity index (χ4n) is 1.36. The third kappa shape index (κ3) is 2.55. The minimum absolute atomic E-state index is 0.134. The molecule has 0 amide bonds. The van der Waals surface area contributed by atoms with Crippen molar-refractivity contribution in [3.8, 4) is 0 Å². The van der Waals surface area contributed by atoms with E-state index in [1.165, 1.54) is 0 Å². The van der Waals surface area contributed by atoms with Crippen LogP contribution in [0.2, 0.25) is 0 Å². The second-order valence-electron chi connectivity index (χ2n) is 3.61. The van der Waals surface area contributed by atoms with Crippen molar-refractivity contribution < 1.29 is 13.2 Å². The van der Waals surface area contributed by atoms with Gasteiger partial charge in [-0.2, -0.15) is 0 Å². The molecule has 0 aliphatic heterocycles.